The first-order chi connectivity index (χ1) is 19.7. The van der Waals surface area contributed by atoms with Crippen molar-refractivity contribution in [1.82, 2.24) is 14.9 Å². The number of benzene rings is 3. The number of halogens is 1. The second-order valence-electron chi connectivity index (χ2n) is 11.7. The van der Waals surface area contributed by atoms with E-state index in [1.54, 1.807) is 13.3 Å². The van der Waals surface area contributed by atoms with Crippen LogP contribution in [-0.2, 0) is 0 Å². The molecule has 2 fully saturated rings. The molecule has 0 atom stereocenters. The monoisotopic (exact) mass is 632 g/mol. The molecule has 6 rings (SSSR count). The number of nitrogens with one attached hydrogen (secondary N) is 2. The van der Waals surface area contributed by atoms with E-state index in [0.717, 1.165) is 34.7 Å². The third kappa shape index (κ3) is 5.62. The summed E-state index contributed by atoms with van der Waals surface area (Å²) in [6.45, 7) is 11.4. The molecule has 2 N–H and O–H groups in total. The molecule has 7 nitrogen and oxygen atoms in total. The molecule has 2 aliphatic rings. The SMILES string of the molecule is COc1cc(N2CCC3(CC2)CN(C)C3)c(C)cc1Nc1ncc(Br)c(Nc2ccc3ccccc3c2P(C)C)n1. The summed E-state index contributed by atoms with van der Waals surface area (Å²) in [5.41, 5.74) is 4.91. The van der Waals surface area contributed by atoms with Crippen LogP contribution in [0, 0.1) is 12.3 Å². The lowest BCUT2D eigenvalue weighted by Crippen LogP contribution is -2.58. The van der Waals surface area contributed by atoms with Crippen LogP contribution in [0.1, 0.15) is 18.4 Å². The lowest BCUT2D eigenvalue weighted by Gasteiger charge is -2.53. The van der Waals surface area contributed by atoms with E-state index in [9.17, 15) is 0 Å². The number of methoxy groups -OCH3 is 1. The third-order valence-corrected chi connectivity index (χ3v) is 10.4. The Morgan fingerprint density at radius 2 is 1.76 bits per heavy atom. The van der Waals surface area contributed by atoms with Crippen LogP contribution >= 0.6 is 23.9 Å². The molecule has 9 heteroatoms. The van der Waals surface area contributed by atoms with Gasteiger partial charge in [0.2, 0.25) is 5.95 Å². The van der Waals surface area contributed by atoms with Gasteiger partial charge in [-0.05, 0) is 90.0 Å². The Hall–Kier alpha value is -2.93. The summed E-state index contributed by atoms with van der Waals surface area (Å²) in [5, 5.41) is 10.9. The van der Waals surface area contributed by atoms with Gasteiger partial charge in [0.25, 0.3) is 0 Å². The molecular weight excluding hydrogens is 595 g/mol. The van der Waals surface area contributed by atoms with Gasteiger partial charge in [0, 0.05) is 55.1 Å². The van der Waals surface area contributed by atoms with Crippen molar-refractivity contribution in [1.29, 1.82) is 0 Å². The Kier molecular flexibility index (Phi) is 7.84. The molecule has 0 saturated carbocycles. The molecule has 0 aliphatic carbocycles. The van der Waals surface area contributed by atoms with Crippen LogP contribution in [-0.4, -0.2) is 68.5 Å². The normalized spacial score (nSPS) is 16.7. The minimum absolute atomic E-state index is 0.353. The molecule has 2 saturated heterocycles. The highest BCUT2D eigenvalue weighted by Crippen LogP contribution is 2.43. The molecule has 0 bridgehead atoms. The first kappa shape index (κ1) is 28.2. The first-order valence-electron chi connectivity index (χ1n) is 14.1. The molecule has 2 aliphatic heterocycles. The summed E-state index contributed by atoms with van der Waals surface area (Å²) in [5.74, 6) is 2.01. The third-order valence-electron chi connectivity index (χ3n) is 8.48. The van der Waals surface area contributed by atoms with Crippen LogP contribution in [0.5, 0.6) is 5.75 Å². The van der Waals surface area contributed by atoms with E-state index in [1.807, 2.05) is 0 Å². The number of ether oxygens (including phenoxy) is 1. The lowest BCUT2D eigenvalue weighted by atomic mass is 9.72. The van der Waals surface area contributed by atoms with Gasteiger partial charge in [0.15, 0.2) is 0 Å². The van der Waals surface area contributed by atoms with Gasteiger partial charge < -0.3 is 25.2 Å². The predicted molar refractivity (Wildman–Crippen MR) is 178 cm³/mol. The minimum Gasteiger partial charge on any atom is -0.494 e. The minimum atomic E-state index is -0.353. The van der Waals surface area contributed by atoms with Gasteiger partial charge >= 0.3 is 0 Å². The smallest absolute Gasteiger partial charge is 0.229 e. The van der Waals surface area contributed by atoms with Gasteiger partial charge in [-0.3, -0.25) is 0 Å². The summed E-state index contributed by atoms with van der Waals surface area (Å²) < 4.78 is 6.65. The number of rotatable bonds is 7. The summed E-state index contributed by atoms with van der Waals surface area (Å²) in [7, 11) is 3.59. The Balaban J connectivity index is 1.24. The summed E-state index contributed by atoms with van der Waals surface area (Å²) in [6.07, 6.45) is 4.28. The van der Waals surface area contributed by atoms with Gasteiger partial charge in [-0.1, -0.05) is 38.3 Å². The van der Waals surface area contributed by atoms with Crippen LogP contribution in [0.25, 0.3) is 10.8 Å². The second-order valence-corrected chi connectivity index (χ2v) is 14.8. The average Bonchev–Trinajstić information content (AvgIpc) is 2.94. The van der Waals surface area contributed by atoms with Crippen LogP contribution in [0.4, 0.5) is 28.8 Å². The Morgan fingerprint density at radius 3 is 2.46 bits per heavy atom. The molecule has 3 aromatic carbocycles. The van der Waals surface area contributed by atoms with Gasteiger partial charge in [-0.2, -0.15) is 4.98 Å². The molecule has 0 unspecified atom stereocenters. The van der Waals surface area contributed by atoms with Crippen molar-refractivity contribution in [2.45, 2.75) is 19.8 Å². The zero-order chi connectivity index (χ0) is 28.7. The Morgan fingerprint density at radius 1 is 1.00 bits per heavy atom. The molecule has 214 valence electrons. The van der Waals surface area contributed by atoms with Crippen LogP contribution in [0.3, 0.4) is 0 Å². The number of nitrogens with zero attached hydrogens (tertiary/aromatic N) is 4. The van der Waals surface area contributed by atoms with Crippen molar-refractivity contribution >= 4 is 68.8 Å². The van der Waals surface area contributed by atoms with E-state index in [-0.39, 0.29) is 7.92 Å². The average molecular weight is 634 g/mol. The van der Waals surface area contributed by atoms with Gasteiger partial charge in [0.1, 0.15) is 11.6 Å². The second kappa shape index (κ2) is 11.4. The molecule has 3 heterocycles. The molecule has 1 aromatic heterocycles. The maximum absolute atomic E-state index is 5.85. The first-order valence-corrected chi connectivity index (χ1v) is 17.2. The highest BCUT2D eigenvalue weighted by molar-refractivity contribution is 9.10. The van der Waals surface area contributed by atoms with Gasteiger partial charge in [0.05, 0.1) is 17.3 Å². The number of aryl methyl sites for hydroxylation is 1. The molecule has 0 radical (unpaired) electrons. The maximum Gasteiger partial charge on any atom is 0.229 e. The van der Waals surface area contributed by atoms with Crippen molar-refractivity contribution in [3.63, 3.8) is 0 Å². The van der Waals surface area contributed by atoms with E-state index in [4.69, 9.17) is 9.72 Å². The van der Waals surface area contributed by atoms with E-state index in [0.29, 0.717) is 17.2 Å². The number of aromatic nitrogens is 2. The number of piperidine rings is 1. The molecular formula is C32H38BrN6OP. The standard InChI is InChI=1S/C32H38BrN6OP/c1-21-16-26(28(40-3)17-27(21)39-14-12-32(13-15-39)19-38(2)20-32)36-31-34-18-24(33)30(37-31)35-25-11-10-22-8-6-7-9-23(22)29(25)41(4)5/h6-11,16-18H,12-15,19-20H2,1-5H3,(H2,34,35,36,37). The predicted octanol–water partition coefficient (Wildman–Crippen LogP) is 7.10. The van der Waals surface area contributed by atoms with Crippen LogP contribution in [0.15, 0.2) is 59.2 Å². The van der Waals surface area contributed by atoms with Crippen molar-refractivity contribution in [2.75, 3.05) is 69.2 Å². The van der Waals surface area contributed by atoms with Crippen molar-refractivity contribution < 1.29 is 4.74 Å². The van der Waals surface area contributed by atoms with Crippen molar-refractivity contribution in [3.8, 4) is 5.75 Å². The maximum atomic E-state index is 5.85. The molecule has 4 aromatic rings. The fourth-order valence-corrected chi connectivity index (χ4v) is 8.11. The van der Waals surface area contributed by atoms with Crippen LogP contribution in [0.2, 0.25) is 0 Å². The zero-order valence-corrected chi connectivity index (χ0v) is 26.9. The van der Waals surface area contributed by atoms with Crippen LogP contribution < -0.4 is 25.6 Å². The molecule has 1 spiro atoms. The van der Waals surface area contributed by atoms with E-state index < -0.39 is 0 Å². The lowest BCUT2D eigenvalue weighted by molar-refractivity contribution is 0.00130. The largest absolute Gasteiger partial charge is 0.494 e. The number of hydrogen-bond donors (Lipinski definition) is 2. The number of hydrogen-bond acceptors (Lipinski definition) is 7. The van der Waals surface area contributed by atoms with Gasteiger partial charge in [-0.25, -0.2) is 4.98 Å². The van der Waals surface area contributed by atoms with Crippen molar-refractivity contribution in [2.24, 2.45) is 5.41 Å². The number of likely N-dealkylation sites (tertiary alicyclic amines) is 1. The zero-order valence-electron chi connectivity index (χ0n) is 24.5. The highest BCUT2D eigenvalue weighted by Gasteiger charge is 2.43. The fourth-order valence-electron chi connectivity index (χ4n) is 6.52. The highest BCUT2D eigenvalue weighted by atomic mass is 79.9. The van der Waals surface area contributed by atoms with Crippen molar-refractivity contribution in [3.05, 3.63) is 64.8 Å². The Labute approximate surface area is 252 Å². The fraction of sp³-hybridized carbons (Fsp3) is 0.375. The molecule has 0 amide bonds. The number of fused-ring (bicyclic) bond motifs is 1. The van der Waals surface area contributed by atoms with E-state index in [2.05, 4.69) is 117 Å². The van der Waals surface area contributed by atoms with E-state index >= 15 is 0 Å². The Bertz CT molecular complexity index is 1580. The topological polar surface area (TPSA) is 65.6 Å². The summed E-state index contributed by atoms with van der Waals surface area (Å²) in [4.78, 5) is 14.4. The van der Waals surface area contributed by atoms with Gasteiger partial charge in [-0.15, -0.1) is 0 Å². The quantitative estimate of drug-likeness (QED) is 0.211. The summed E-state index contributed by atoms with van der Waals surface area (Å²) >= 11 is 3.66. The molecule has 41 heavy (non-hydrogen) atoms. The number of anilines is 5. The van der Waals surface area contributed by atoms with E-state index in [1.165, 1.54) is 53.3 Å². The summed E-state index contributed by atoms with van der Waals surface area (Å²) in [6, 6.07) is 17.2.